The molecule has 0 radical (unpaired) electrons. The first kappa shape index (κ1) is 13.7. The highest BCUT2D eigenvalue weighted by Gasteiger charge is 2.20. The van der Waals surface area contributed by atoms with Crippen LogP contribution in [-0.2, 0) is 0 Å². The Morgan fingerprint density at radius 1 is 1.17 bits per heavy atom. The molecule has 0 saturated heterocycles. The SMILES string of the molecule is O=C(Cl)N(C1=CCCCC1)c1ccc(Cl)c(Cl)c1. The zero-order chi connectivity index (χ0) is 13.1. The Bertz CT molecular complexity index is 499. The number of allylic oxidation sites excluding steroid dienone is 2. The lowest BCUT2D eigenvalue weighted by Crippen LogP contribution is -2.26. The molecule has 1 aliphatic rings. The van der Waals surface area contributed by atoms with Gasteiger partial charge in [0.05, 0.1) is 15.7 Å². The molecule has 0 fully saturated rings. The van der Waals surface area contributed by atoms with E-state index in [-0.39, 0.29) is 0 Å². The molecular formula is C13H12Cl3NO. The van der Waals surface area contributed by atoms with Gasteiger partial charge in [-0.05, 0) is 55.5 Å². The van der Waals surface area contributed by atoms with Crippen LogP contribution in [0.4, 0.5) is 10.5 Å². The molecule has 96 valence electrons. The van der Waals surface area contributed by atoms with E-state index in [9.17, 15) is 4.79 Å². The van der Waals surface area contributed by atoms with E-state index >= 15 is 0 Å². The van der Waals surface area contributed by atoms with Gasteiger partial charge in [-0.2, -0.15) is 0 Å². The maximum absolute atomic E-state index is 11.6. The van der Waals surface area contributed by atoms with E-state index in [1.807, 2.05) is 6.08 Å². The minimum absolute atomic E-state index is 0.411. The van der Waals surface area contributed by atoms with Gasteiger partial charge in [-0.1, -0.05) is 29.3 Å². The number of hydrogen-bond donors (Lipinski definition) is 0. The summed E-state index contributed by atoms with van der Waals surface area (Å²) in [4.78, 5) is 13.1. The molecule has 0 heterocycles. The minimum Gasteiger partial charge on any atom is -0.272 e. The van der Waals surface area contributed by atoms with Crippen LogP contribution in [0.2, 0.25) is 10.0 Å². The van der Waals surface area contributed by atoms with E-state index in [1.165, 1.54) is 4.90 Å². The number of carbonyl (C=O) groups is 1. The van der Waals surface area contributed by atoms with Crippen molar-refractivity contribution in [2.75, 3.05) is 4.90 Å². The second-order valence-corrected chi connectivity index (χ2v) is 5.27. The third-order valence-corrected chi connectivity index (χ3v) is 3.80. The lowest BCUT2D eigenvalue weighted by atomic mass is 10.0. The van der Waals surface area contributed by atoms with Crippen molar-refractivity contribution in [2.24, 2.45) is 0 Å². The smallest absolute Gasteiger partial charge is 0.272 e. The van der Waals surface area contributed by atoms with Crippen LogP contribution in [0.3, 0.4) is 0 Å². The Hall–Kier alpha value is -0.700. The molecule has 0 aliphatic heterocycles. The van der Waals surface area contributed by atoms with Crippen LogP contribution < -0.4 is 4.90 Å². The Morgan fingerprint density at radius 3 is 2.50 bits per heavy atom. The highest BCUT2D eigenvalue weighted by Crippen LogP contribution is 2.32. The fourth-order valence-corrected chi connectivity index (χ4v) is 2.53. The number of rotatable bonds is 2. The van der Waals surface area contributed by atoms with Crippen LogP contribution in [0.5, 0.6) is 0 Å². The van der Waals surface area contributed by atoms with Gasteiger partial charge in [0.15, 0.2) is 0 Å². The van der Waals surface area contributed by atoms with Gasteiger partial charge in [0.25, 0.3) is 0 Å². The normalized spacial score (nSPS) is 15.2. The molecule has 1 aromatic rings. The van der Waals surface area contributed by atoms with Crippen molar-refractivity contribution < 1.29 is 4.79 Å². The molecule has 2 nitrogen and oxygen atoms in total. The summed E-state index contributed by atoms with van der Waals surface area (Å²) < 4.78 is 0. The van der Waals surface area contributed by atoms with Crippen LogP contribution in [0.1, 0.15) is 25.7 Å². The van der Waals surface area contributed by atoms with Gasteiger partial charge in [0.2, 0.25) is 0 Å². The summed E-state index contributed by atoms with van der Waals surface area (Å²) in [6.45, 7) is 0. The second kappa shape index (κ2) is 5.96. The van der Waals surface area contributed by atoms with Crippen molar-refractivity contribution in [3.63, 3.8) is 0 Å². The van der Waals surface area contributed by atoms with E-state index < -0.39 is 5.37 Å². The number of halogens is 3. The van der Waals surface area contributed by atoms with Crippen molar-refractivity contribution in [2.45, 2.75) is 25.7 Å². The first-order valence-electron chi connectivity index (χ1n) is 5.73. The van der Waals surface area contributed by atoms with E-state index in [0.717, 1.165) is 31.4 Å². The molecule has 0 aromatic heterocycles. The lowest BCUT2D eigenvalue weighted by Gasteiger charge is -2.25. The molecule has 18 heavy (non-hydrogen) atoms. The molecule has 0 saturated carbocycles. The van der Waals surface area contributed by atoms with Crippen molar-refractivity contribution in [3.8, 4) is 0 Å². The maximum atomic E-state index is 11.6. The summed E-state index contributed by atoms with van der Waals surface area (Å²) >= 11 is 17.5. The fourth-order valence-electron chi connectivity index (χ4n) is 2.03. The summed E-state index contributed by atoms with van der Waals surface area (Å²) in [5.74, 6) is 0. The second-order valence-electron chi connectivity index (χ2n) is 4.13. The van der Waals surface area contributed by atoms with Crippen LogP contribution in [-0.4, -0.2) is 5.37 Å². The quantitative estimate of drug-likeness (QED) is 0.513. The van der Waals surface area contributed by atoms with Crippen LogP contribution >= 0.6 is 34.8 Å². The molecule has 0 atom stereocenters. The summed E-state index contributed by atoms with van der Waals surface area (Å²) in [5, 5.41) is 0.343. The predicted octanol–water partition coefficient (Wildman–Crippen LogP) is 5.62. The van der Waals surface area contributed by atoms with E-state index in [2.05, 4.69) is 0 Å². The van der Waals surface area contributed by atoms with E-state index in [1.54, 1.807) is 18.2 Å². The molecule has 5 heteroatoms. The number of amides is 1. The van der Waals surface area contributed by atoms with Crippen LogP contribution in [0, 0.1) is 0 Å². The van der Waals surface area contributed by atoms with E-state index in [4.69, 9.17) is 34.8 Å². The van der Waals surface area contributed by atoms with Crippen molar-refractivity contribution in [3.05, 3.63) is 40.0 Å². The van der Waals surface area contributed by atoms with Crippen LogP contribution in [0.15, 0.2) is 30.0 Å². The monoisotopic (exact) mass is 303 g/mol. The maximum Gasteiger partial charge on any atom is 0.325 e. The van der Waals surface area contributed by atoms with Gasteiger partial charge in [-0.3, -0.25) is 9.69 Å². The number of hydrogen-bond acceptors (Lipinski definition) is 1. The number of anilines is 1. The standard InChI is InChI=1S/C13H12Cl3NO/c14-11-7-6-10(8-12(11)15)17(13(16)18)9-4-2-1-3-5-9/h4,6-8H,1-3,5H2. The first-order chi connectivity index (χ1) is 8.59. The molecule has 0 unspecified atom stereocenters. The van der Waals surface area contributed by atoms with Gasteiger partial charge in [0, 0.05) is 5.70 Å². The fraction of sp³-hybridized carbons (Fsp3) is 0.308. The van der Waals surface area contributed by atoms with E-state index in [0.29, 0.717) is 15.7 Å². The average Bonchev–Trinajstić information content (AvgIpc) is 2.35. The van der Waals surface area contributed by atoms with Crippen molar-refractivity contribution >= 4 is 45.9 Å². The Kier molecular flexibility index (Phi) is 4.55. The van der Waals surface area contributed by atoms with Crippen molar-refractivity contribution in [1.82, 2.24) is 0 Å². The molecule has 1 amide bonds. The molecule has 0 bridgehead atoms. The van der Waals surface area contributed by atoms with Crippen molar-refractivity contribution in [1.29, 1.82) is 0 Å². The number of benzene rings is 1. The summed E-state index contributed by atoms with van der Waals surface area (Å²) in [6.07, 6.45) is 6.07. The summed E-state index contributed by atoms with van der Waals surface area (Å²) in [5.41, 5.74) is 1.58. The molecule has 1 aliphatic carbocycles. The Labute approximate surface area is 121 Å². The highest BCUT2D eigenvalue weighted by atomic mass is 35.5. The predicted molar refractivity (Wildman–Crippen MR) is 76.7 cm³/mol. The third-order valence-electron chi connectivity index (χ3n) is 2.89. The molecule has 0 N–H and O–H groups in total. The number of carbonyl (C=O) groups excluding carboxylic acids is 1. The highest BCUT2D eigenvalue weighted by molar-refractivity contribution is 6.66. The first-order valence-corrected chi connectivity index (χ1v) is 6.86. The van der Waals surface area contributed by atoms with Gasteiger partial charge >= 0.3 is 5.37 Å². The summed E-state index contributed by atoms with van der Waals surface area (Å²) in [6, 6.07) is 5.05. The number of nitrogens with zero attached hydrogens (tertiary/aromatic N) is 1. The van der Waals surface area contributed by atoms with Gasteiger partial charge < -0.3 is 0 Å². The zero-order valence-electron chi connectivity index (χ0n) is 9.63. The Balaban J connectivity index is 2.38. The zero-order valence-corrected chi connectivity index (χ0v) is 11.9. The molecule has 0 spiro atoms. The molecule has 1 aromatic carbocycles. The third kappa shape index (κ3) is 3.00. The Morgan fingerprint density at radius 2 is 1.94 bits per heavy atom. The topological polar surface area (TPSA) is 20.3 Å². The lowest BCUT2D eigenvalue weighted by molar-refractivity contribution is 0.265. The summed E-state index contributed by atoms with van der Waals surface area (Å²) in [7, 11) is 0. The largest absolute Gasteiger partial charge is 0.325 e. The molecular weight excluding hydrogens is 293 g/mol. The minimum atomic E-state index is -0.526. The van der Waals surface area contributed by atoms with Gasteiger partial charge in [-0.15, -0.1) is 0 Å². The molecule has 2 rings (SSSR count). The van der Waals surface area contributed by atoms with Gasteiger partial charge in [0.1, 0.15) is 0 Å². The average molecular weight is 305 g/mol. The van der Waals surface area contributed by atoms with Gasteiger partial charge in [-0.25, -0.2) is 0 Å². The van der Waals surface area contributed by atoms with Crippen LogP contribution in [0.25, 0.3) is 0 Å².